The van der Waals surface area contributed by atoms with Gasteiger partial charge < -0.3 is 10.1 Å². The molecule has 0 saturated heterocycles. The van der Waals surface area contributed by atoms with Gasteiger partial charge in [-0.05, 0) is 24.6 Å². The second kappa shape index (κ2) is 4.42. The van der Waals surface area contributed by atoms with Gasteiger partial charge in [-0.15, -0.1) is 0 Å². The van der Waals surface area contributed by atoms with Gasteiger partial charge in [-0.1, -0.05) is 12.1 Å². The van der Waals surface area contributed by atoms with Crippen LogP contribution in [0.15, 0.2) is 24.3 Å². The number of amides is 1. The molecule has 1 aliphatic heterocycles. The number of hydrogen-bond donors (Lipinski definition) is 2. The maximum absolute atomic E-state index is 12.2. The lowest BCUT2D eigenvalue weighted by Crippen LogP contribution is -2.28. The highest BCUT2D eigenvalue weighted by molar-refractivity contribution is 5.99. The molecular weight excluding hydrogens is 242 g/mol. The van der Waals surface area contributed by atoms with Gasteiger partial charge >= 0.3 is 0 Å². The fourth-order valence-electron chi connectivity index (χ4n) is 2.42. The van der Waals surface area contributed by atoms with Crippen LogP contribution in [0.1, 0.15) is 22.9 Å². The first kappa shape index (κ1) is 11.8. The third-order valence-corrected chi connectivity index (χ3v) is 3.48. The quantitative estimate of drug-likeness (QED) is 0.864. The van der Waals surface area contributed by atoms with E-state index in [4.69, 9.17) is 4.74 Å². The number of nitrogens with one attached hydrogen (secondary N) is 2. The van der Waals surface area contributed by atoms with Crippen molar-refractivity contribution in [3.63, 3.8) is 0 Å². The average molecular weight is 257 g/mol. The van der Waals surface area contributed by atoms with E-state index in [0.717, 1.165) is 28.4 Å². The third-order valence-electron chi connectivity index (χ3n) is 3.48. The summed E-state index contributed by atoms with van der Waals surface area (Å²) in [5.74, 6) is 0.546. The van der Waals surface area contributed by atoms with Crippen LogP contribution in [0.2, 0.25) is 0 Å². The minimum absolute atomic E-state index is 0.00486. The molecule has 3 rings (SSSR count). The van der Waals surface area contributed by atoms with E-state index in [1.165, 1.54) is 0 Å². The number of carbonyl (C=O) groups excluding carboxylic acids is 1. The highest BCUT2D eigenvalue weighted by Gasteiger charge is 2.30. The number of aromatic amines is 1. The molecule has 2 N–H and O–H groups in total. The van der Waals surface area contributed by atoms with Crippen LogP contribution < -0.4 is 10.1 Å². The van der Waals surface area contributed by atoms with E-state index in [-0.39, 0.29) is 11.8 Å². The summed E-state index contributed by atoms with van der Waals surface area (Å²) in [7, 11) is 1.62. The smallest absolute Gasteiger partial charge is 0.232 e. The van der Waals surface area contributed by atoms with Gasteiger partial charge in [0.05, 0.1) is 30.1 Å². The van der Waals surface area contributed by atoms with E-state index in [0.29, 0.717) is 6.42 Å². The van der Waals surface area contributed by atoms with Crippen molar-refractivity contribution in [2.45, 2.75) is 19.3 Å². The van der Waals surface area contributed by atoms with Crippen LogP contribution in [0.4, 0.5) is 5.69 Å². The molecule has 1 aromatic carbocycles. The highest BCUT2D eigenvalue weighted by atomic mass is 16.5. The molecule has 98 valence electrons. The molecule has 1 aliphatic rings. The number of methoxy groups -OCH3 is 1. The molecule has 2 heterocycles. The van der Waals surface area contributed by atoms with Gasteiger partial charge in [0.2, 0.25) is 5.91 Å². The normalized spacial score (nSPS) is 17.8. The van der Waals surface area contributed by atoms with Gasteiger partial charge in [-0.3, -0.25) is 9.89 Å². The van der Waals surface area contributed by atoms with Crippen molar-refractivity contribution < 1.29 is 9.53 Å². The number of fused-ring (bicyclic) bond motifs is 1. The summed E-state index contributed by atoms with van der Waals surface area (Å²) in [4.78, 5) is 12.2. The second-order valence-electron chi connectivity index (χ2n) is 4.69. The van der Waals surface area contributed by atoms with Crippen LogP contribution in [0, 0.1) is 6.92 Å². The van der Waals surface area contributed by atoms with Crippen LogP contribution in [0.5, 0.6) is 5.75 Å². The van der Waals surface area contributed by atoms with Gasteiger partial charge in [0.15, 0.2) is 0 Å². The lowest BCUT2D eigenvalue weighted by molar-refractivity contribution is -0.117. The fourth-order valence-corrected chi connectivity index (χ4v) is 2.42. The number of rotatable bonds is 2. The molecule has 1 unspecified atom stereocenters. The van der Waals surface area contributed by atoms with Crippen molar-refractivity contribution in [3.8, 4) is 5.75 Å². The monoisotopic (exact) mass is 257 g/mol. The van der Waals surface area contributed by atoms with E-state index >= 15 is 0 Å². The molecule has 0 aliphatic carbocycles. The van der Waals surface area contributed by atoms with Crippen molar-refractivity contribution in [2.75, 3.05) is 12.4 Å². The Balaban J connectivity index is 1.96. The zero-order valence-corrected chi connectivity index (χ0v) is 10.9. The lowest BCUT2D eigenvalue weighted by atomic mass is 9.90. The summed E-state index contributed by atoms with van der Waals surface area (Å²) in [5.41, 5.74) is 3.57. The first-order valence-corrected chi connectivity index (χ1v) is 6.17. The fraction of sp³-hybridized carbons (Fsp3) is 0.286. The Bertz CT molecular complexity index is 633. The molecule has 1 aromatic heterocycles. The van der Waals surface area contributed by atoms with E-state index in [1.807, 2.05) is 31.2 Å². The van der Waals surface area contributed by atoms with E-state index in [2.05, 4.69) is 15.5 Å². The average Bonchev–Trinajstić information content (AvgIpc) is 2.79. The lowest BCUT2D eigenvalue weighted by Gasteiger charge is -2.22. The van der Waals surface area contributed by atoms with Crippen LogP contribution in [0.25, 0.3) is 0 Å². The molecule has 0 bridgehead atoms. The van der Waals surface area contributed by atoms with Crippen LogP contribution in [-0.4, -0.2) is 23.2 Å². The van der Waals surface area contributed by atoms with Crippen LogP contribution >= 0.6 is 0 Å². The number of ether oxygens (including phenoxy) is 1. The second-order valence-corrected chi connectivity index (χ2v) is 4.69. The van der Waals surface area contributed by atoms with Gasteiger partial charge in [0, 0.05) is 6.42 Å². The minimum atomic E-state index is -0.217. The molecule has 2 aromatic rings. The van der Waals surface area contributed by atoms with Crippen molar-refractivity contribution >= 4 is 11.6 Å². The predicted molar refractivity (Wildman–Crippen MR) is 71.4 cm³/mol. The Morgan fingerprint density at radius 3 is 3.05 bits per heavy atom. The molecule has 0 radical (unpaired) electrons. The van der Waals surface area contributed by atoms with Crippen molar-refractivity contribution in [2.24, 2.45) is 0 Å². The summed E-state index contributed by atoms with van der Waals surface area (Å²) in [5, 5.41) is 10.1. The zero-order chi connectivity index (χ0) is 13.4. The molecule has 1 atom stereocenters. The Kier molecular flexibility index (Phi) is 2.74. The summed E-state index contributed by atoms with van der Waals surface area (Å²) >= 11 is 0. The first-order chi connectivity index (χ1) is 9.19. The Morgan fingerprint density at radius 2 is 2.26 bits per heavy atom. The number of H-pyrrole nitrogens is 1. The van der Waals surface area contributed by atoms with E-state index in [1.54, 1.807) is 7.11 Å². The highest BCUT2D eigenvalue weighted by Crippen LogP contribution is 2.32. The molecule has 5 nitrogen and oxygen atoms in total. The molecule has 5 heteroatoms. The van der Waals surface area contributed by atoms with Gasteiger partial charge in [-0.25, -0.2) is 0 Å². The molecule has 0 fully saturated rings. The first-order valence-electron chi connectivity index (χ1n) is 6.17. The summed E-state index contributed by atoms with van der Waals surface area (Å²) in [6.07, 6.45) is 0.610. The molecule has 19 heavy (non-hydrogen) atoms. The van der Waals surface area contributed by atoms with Gasteiger partial charge in [-0.2, -0.15) is 5.10 Å². The summed E-state index contributed by atoms with van der Waals surface area (Å²) < 4.78 is 5.20. The Hall–Kier alpha value is -2.30. The number of hydrogen-bond acceptors (Lipinski definition) is 3. The standard InChI is InChI=1S/C14H15N3O2/c1-8-13-12(17-16-8)7-11(14(18)15-13)9-4-3-5-10(6-9)19-2/h3-6,11H,7H2,1-2H3,(H,15,18)(H,16,17). The number of benzene rings is 1. The zero-order valence-electron chi connectivity index (χ0n) is 10.9. The predicted octanol–water partition coefficient (Wildman–Crippen LogP) is 2.01. The maximum atomic E-state index is 12.2. The molecular formula is C14H15N3O2. The van der Waals surface area contributed by atoms with E-state index < -0.39 is 0 Å². The van der Waals surface area contributed by atoms with Crippen LogP contribution in [0.3, 0.4) is 0 Å². The van der Waals surface area contributed by atoms with E-state index in [9.17, 15) is 4.79 Å². The minimum Gasteiger partial charge on any atom is -0.497 e. The third kappa shape index (κ3) is 1.97. The van der Waals surface area contributed by atoms with Crippen molar-refractivity contribution in [3.05, 3.63) is 41.2 Å². The number of aryl methyl sites for hydroxylation is 1. The molecule has 1 amide bonds. The molecule has 0 saturated carbocycles. The van der Waals surface area contributed by atoms with Gasteiger partial charge in [0.1, 0.15) is 5.75 Å². The number of nitrogens with zero attached hydrogens (tertiary/aromatic N) is 1. The topological polar surface area (TPSA) is 67.0 Å². The SMILES string of the molecule is COc1cccc(C2Cc3n[nH]c(C)c3NC2=O)c1. The number of anilines is 1. The maximum Gasteiger partial charge on any atom is 0.232 e. The Labute approximate surface area is 111 Å². The number of aromatic nitrogens is 2. The molecule has 0 spiro atoms. The number of carbonyl (C=O) groups is 1. The van der Waals surface area contributed by atoms with Crippen molar-refractivity contribution in [1.82, 2.24) is 10.2 Å². The van der Waals surface area contributed by atoms with Crippen molar-refractivity contribution in [1.29, 1.82) is 0 Å². The summed E-state index contributed by atoms with van der Waals surface area (Å²) in [6.45, 7) is 1.90. The summed E-state index contributed by atoms with van der Waals surface area (Å²) in [6, 6.07) is 7.60. The van der Waals surface area contributed by atoms with Crippen LogP contribution in [-0.2, 0) is 11.2 Å². The largest absolute Gasteiger partial charge is 0.497 e. The van der Waals surface area contributed by atoms with Gasteiger partial charge in [0.25, 0.3) is 0 Å². The Morgan fingerprint density at radius 1 is 1.42 bits per heavy atom.